The van der Waals surface area contributed by atoms with Gasteiger partial charge in [-0.05, 0) is 18.1 Å². The molecule has 0 radical (unpaired) electrons. The number of rotatable bonds is 3. The molecular formula is C17H13Cl2N3. The van der Waals surface area contributed by atoms with Crippen molar-refractivity contribution in [1.82, 2.24) is 9.97 Å². The summed E-state index contributed by atoms with van der Waals surface area (Å²) in [5, 5.41) is 0.728. The molecule has 22 heavy (non-hydrogen) atoms. The Balaban J connectivity index is 1.95. The molecule has 0 N–H and O–H groups in total. The molecule has 1 aromatic carbocycles. The molecule has 1 aromatic heterocycles. The Bertz CT molecular complexity index is 742. The van der Waals surface area contributed by atoms with Gasteiger partial charge in [-0.15, -0.1) is 0 Å². The second kappa shape index (κ2) is 6.86. The molecule has 0 unspecified atom stereocenters. The van der Waals surface area contributed by atoms with Gasteiger partial charge in [-0.2, -0.15) is 0 Å². The first-order valence-corrected chi connectivity index (χ1v) is 7.65. The van der Waals surface area contributed by atoms with Crippen LogP contribution >= 0.6 is 23.2 Å². The highest BCUT2D eigenvalue weighted by Crippen LogP contribution is 2.24. The highest BCUT2D eigenvalue weighted by atomic mass is 35.5. The Kier molecular flexibility index (Phi) is 4.66. The van der Waals surface area contributed by atoms with E-state index in [1.807, 2.05) is 48.6 Å². The van der Waals surface area contributed by atoms with Crippen LogP contribution in [0.25, 0.3) is 0 Å². The summed E-state index contributed by atoms with van der Waals surface area (Å²) in [4.78, 5) is 13.0. The molecule has 2 aromatic rings. The normalized spacial score (nSPS) is 13.8. The first-order chi connectivity index (χ1) is 10.7. The zero-order valence-electron chi connectivity index (χ0n) is 11.7. The lowest BCUT2D eigenvalue weighted by molar-refractivity contribution is 1.05. The lowest BCUT2D eigenvalue weighted by atomic mass is 10.1. The maximum atomic E-state index is 6.31. The maximum Gasteiger partial charge on any atom is 0.181 e. The maximum absolute atomic E-state index is 6.31. The van der Waals surface area contributed by atoms with E-state index in [9.17, 15) is 0 Å². The van der Waals surface area contributed by atoms with Crippen molar-refractivity contribution in [2.24, 2.45) is 4.99 Å². The number of benzene rings is 1. The number of hydrogen-bond donors (Lipinski definition) is 0. The molecule has 3 nitrogen and oxygen atoms in total. The zero-order chi connectivity index (χ0) is 15.4. The van der Waals surface area contributed by atoms with Gasteiger partial charge in [-0.1, -0.05) is 65.7 Å². The second-order valence-corrected chi connectivity index (χ2v) is 5.52. The number of hydrogen-bond acceptors (Lipinski definition) is 3. The number of aromatic nitrogens is 2. The molecule has 0 amide bonds. The van der Waals surface area contributed by atoms with Crippen LogP contribution in [0.1, 0.15) is 23.4 Å². The molecule has 3 rings (SSSR count). The summed E-state index contributed by atoms with van der Waals surface area (Å²) in [6.07, 6.45) is 8.99. The van der Waals surface area contributed by atoms with Gasteiger partial charge in [0.25, 0.3) is 0 Å². The van der Waals surface area contributed by atoms with E-state index in [4.69, 9.17) is 23.2 Å². The van der Waals surface area contributed by atoms with E-state index in [0.29, 0.717) is 28.3 Å². The van der Waals surface area contributed by atoms with Crippen LogP contribution in [0.15, 0.2) is 59.8 Å². The third-order valence-electron chi connectivity index (χ3n) is 3.23. The van der Waals surface area contributed by atoms with Gasteiger partial charge in [-0.25, -0.2) is 9.97 Å². The lowest BCUT2D eigenvalue weighted by Crippen LogP contribution is -2.07. The van der Waals surface area contributed by atoms with Crippen LogP contribution in [0.4, 0.5) is 0 Å². The van der Waals surface area contributed by atoms with Crippen LogP contribution in [0.3, 0.4) is 0 Å². The van der Waals surface area contributed by atoms with E-state index in [1.54, 1.807) is 6.20 Å². The molecule has 110 valence electrons. The summed E-state index contributed by atoms with van der Waals surface area (Å²) in [7, 11) is 0. The van der Waals surface area contributed by atoms with E-state index >= 15 is 0 Å². The third-order valence-corrected chi connectivity index (χ3v) is 3.85. The van der Waals surface area contributed by atoms with Crippen molar-refractivity contribution in [2.45, 2.75) is 12.8 Å². The van der Waals surface area contributed by atoms with Crippen LogP contribution in [-0.2, 0) is 6.42 Å². The highest BCUT2D eigenvalue weighted by molar-refractivity contribution is 6.35. The minimum absolute atomic E-state index is 0.364. The molecule has 0 spiro atoms. The Hall–Kier alpha value is -1.97. The average Bonchev–Trinajstić information content (AvgIpc) is 2.81. The van der Waals surface area contributed by atoms with Crippen LogP contribution in [-0.4, -0.2) is 15.7 Å². The molecule has 0 atom stereocenters. The predicted octanol–water partition coefficient (Wildman–Crippen LogP) is 4.64. The minimum Gasteiger partial charge on any atom is -0.253 e. The molecule has 5 heteroatoms. The van der Waals surface area contributed by atoms with E-state index in [0.717, 1.165) is 17.5 Å². The predicted molar refractivity (Wildman–Crippen MR) is 90.7 cm³/mol. The number of allylic oxidation sites excluding steroid dienone is 3. The Morgan fingerprint density at radius 3 is 2.41 bits per heavy atom. The van der Waals surface area contributed by atoms with Gasteiger partial charge in [-0.3, -0.25) is 4.99 Å². The standard InChI is InChI=1S/C17H13Cl2N3/c18-15-13(11-12-7-3-1-4-8-12)16(19)22-17(21-15)14-9-5-2-6-10-20-14/h1,3-10H,2,11H2. The summed E-state index contributed by atoms with van der Waals surface area (Å²) in [6, 6.07) is 9.96. The first kappa shape index (κ1) is 14.9. The molecular weight excluding hydrogens is 317 g/mol. The van der Waals surface area contributed by atoms with Crippen LogP contribution in [0, 0.1) is 0 Å². The molecule has 0 bridgehead atoms. The van der Waals surface area contributed by atoms with Gasteiger partial charge in [0.15, 0.2) is 5.82 Å². The molecule has 0 saturated carbocycles. The highest BCUT2D eigenvalue weighted by Gasteiger charge is 2.14. The smallest absolute Gasteiger partial charge is 0.181 e. The van der Waals surface area contributed by atoms with Crippen molar-refractivity contribution >= 4 is 28.9 Å². The van der Waals surface area contributed by atoms with E-state index in [-0.39, 0.29) is 0 Å². The zero-order valence-corrected chi connectivity index (χ0v) is 13.2. The van der Waals surface area contributed by atoms with Gasteiger partial charge < -0.3 is 0 Å². The van der Waals surface area contributed by atoms with Gasteiger partial charge in [0.2, 0.25) is 0 Å². The monoisotopic (exact) mass is 329 g/mol. The lowest BCUT2D eigenvalue weighted by Gasteiger charge is -2.08. The average molecular weight is 330 g/mol. The van der Waals surface area contributed by atoms with Crippen molar-refractivity contribution in [3.63, 3.8) is 0 Å². The second-order valence-electron chi connectivity index (χ2n) is 4.81. The van der Waals surface area contributed by atoms with Crippen LogP contribution < -0.4 is 0 Å². The van der Waals surface area contributed by atoms with E-state index in [1.165, 1.54) is 0 Å². The quantitative estimate of drug-likeness (QED) is 0.769. The number of aliphatic imine (C=N–C) groups is 1. The third kappa shape index (κ3) is 3.43. The molecule has 0 aliphatic carbocycles. The number of halogens is 2. The molecule has 2 heterocycles. The summed E-state index contributed by atoms with van der Waals surface area (Å²) in [5.41, 5.74) is 2.49. The van der Waals surface area contributed by atoms with E-state index < -0.39 is 0 Å². The fourth-order valence-electron chi connectivity index (χ4n) is 2.12. The summed E-state index contributed by atoms with van der Waals surface area (Å²) in [5.74, 6) is 0.439. The summed E-state index contributed by atoms with van der Waals surface area (Å²) < 4.78 is 0. The molecule has 0 saturated heterocycles. The van der Waals surface area contributed by atoms with Crippen molar-refractivity contribution < 1.29 is 0 Å². The Morgan fingerprint density at radius 1 is 0.955 bits per heavy atom. The Morgan fingerprint density at radius 2 is 1.68 bits per heavy atom. The van der Waals surface area contributed by atoms with Crippen molar-refractivity contribution in [3.05, 3.63) is 82.0 Å². The van der Waals surface area contributed by atoms with Crippen LogP contribution in [0.5, 0.6) is 0 Å². The van der Waals surface area contributed by atoms with E-state index in [2.05, 4.69) is 15.0 Å². The summed E-state index contributed by atoms with van der Waals surface area (Å²) in [6.45, 7) is 0. The van der Waals surface area contributed by atoms with Crippen LogP contribution in [0.2, 0.25) is 10.3 Å². The SMILES string of the molecule is Clc1nc(C2=NC=CCC=C2)nc(Cl)c1Cc1ccccc1. The van der Waals surface area contributed by atoms with Gasteiger partial charge in [0.05, 0.1) is 0 Å². The van der Waals surface area contributed by atoms with Crippen molar-refractivity contribution in [2.75, 3.05) is 0 Å². The van der Waals surface area contributed by atoms with Gasteiger partial charge >= 0.3 is 0 Å². The topological polar surface area (TPSA) is 38.1 Å². The summed E-state index contributed by atoms with van der Waals surface area (Å²) >= 11 is 12.6. The minimum atomic E-state index is 0.364. The Labute approximate surface area is 139 Å². The van der Waals surface area contributed by atoms with Crippen molar-refractivity contribution in [3.8, 4) is 0 Å². The molecule has 0 fully saturated rings. The first-order valence-electron chi connectivity index (χ1n) is 6.89. The molecule has 1 aliphatic heterocycles. The van der Waals surface area contributed by atoms with Crippen molar-refractivity contribution in [1.29, 1.82) is 0 Å². The largest absolute Gasteiger partial charge is 0.253 e. The van der Waals surface area contributed by atoms with Gasteiger partial charge in [0, 0.05) is 18.2 Å². The fourth-order valence-corrected chi connectivity index (χ4v) is 2.64. The number of nitrogens with zero attached hydrogens (tertiary/aromatic N) is 3. The van der Waals surface area contributed by atoms with Gasteiger partial charge in [0.1, 0.15) is 16.0 Å². The fraction of sp³-hybridized carbons (Fsp3) is 0.118. The molecule has 1 aliphatic rings.